The van der Waals surface area contributed by atoms with Crippen LogP contribution in [0.1, 0.15) is 6.42 Å². The van der Waals surface area contributed by atoms with Gasteiger partial charge in [-0.2, -0.15) is 0 Å². The number of halogens is 3. The molecule has 0 aliphatic heterocycles. The molecule has 4 heteroatoms. The number of rotatable bonds is 4. The number of hydrogen-bond donors (Lipinski definition) is 1. The molecule has 0 rings (SSSR count). The molecule has 0 heterocycles. The van der Waals surface area contributed by atoms with Crippen molar-refractivity contribution >= 4 is 12.4 Å². The first kappa shape index (κ1) is 12.5. The highest BCUT2D eigenvalue weighted by Crippen LogP contribution is 2.16. The van der Waals surface area contributed by atoms with Crippen molar-refractivity contribution in [2.75, 3.05) is 13.6 Å². The topological polar surface area (TPSA) is 12.0 Å². The van der Waals surface area contributed by atoms with Crippen molar-refractivity contribution in [1.82, 2.24) is 5.32 Å². The van der Waals surface area contributed by atoms with Crippen LogP contribution in [0.5, 0.6) is 0 Å². The quantitative estimate of drug-likeness (QED) is 0.637. The Hall–Kier alpha value is -0.150. The second-order valence-electron chi connectivity index (χ2n) is 1.88. The van der Waals surface area contributed by atoms with Crippen LogP contribution in [-0.4, -0.2) is 19.5 Å². The minimum Gasteiger partial charge on any atom is -0.314 e. The van der Waals surface area contributed by atoms with Gasteiger partial charge in [-0.25, -0.2) is 8.78 Å². The average Bonchev–Trinajstić information content (AvgIpc) is 1.64. The third-order valence-corrected chi connectivity index (χ3v) is 0.878. The summed E-state index contributed by atoms with van der Waals surface area (Å²) in [5.41, 5.74) is 0. The Labute approximate surface area is 65.9 Å². The predicted octanol–water partition coefficient (Wildman–Crippen LogP) is 1.84. The molecule has 0 fully saturated rings. The molecule has 0 aliphatic rings. The lowest BCUT2D eigenvalue weighted by molar-refractivity contribution is 0.00734. The number of hydrogen-bond acceptors (Lipinski definition) is 1. The van der Waals surface area contributed by atoms with Crippen molar-refractivity contribution in [2.45, 2.75) is 12.3 Å². The molecule has 0 aliphatic carbocycles. The fourth-order valence-electron chi connectivity index (χ4n) is 0.542. The summed E-state index contributed by atoms with van der Waals surface area (Å²) in [6, 6.07) is 0. The smallest absolute Gasteiger partial charge is 0.263 e. The monoisotopic (exact) mass is 171 g/mol. The number of nitrogens with one attached hydrogen (secondary N) is 1. The highest BCUT2D eigenvalue weighted by atomic mass is 35.5. The van der Waals surface area contributed by atoms with Gasteiger partial charge < -0.3 is 5.32 Å². The molecule has 1 N–H and O–H groups in total. The SMILES string of the molecule is C=CCC(F)(F)CNC.Cl. The van der Waals surface area contributed by atoms with E-state index in [0.717, 1.165) is 0 Å². The fourth-order valence-corrected chi connectivity index (χ4v) is 0.542. The molecule has 10 heavy (non-hydrogen) atoms. The molecule has 0 aromatic carbocycles. The van der Waals surface area contributed by atoms with E-state index in [1.165, 1.54) is 13.1 Å². The third kappa shape index (κ3) is 5.98. The summed E-state index contributed by atoms with van der Waals surface area (Å²) < 4.78 is 24.6. The third-order valence-electron chi connectivity index (χ3n) is 0.878. The molecule has 0 saturated carbocycles. The molecular formula is C6H12ClF2N. The molecule has 0 radical (unpaired) electrons. The zero-order valence-corrected chi connectivity index (χ0v) is 6.68. The molecular weight excluding hydrogens is 160 g/mol. The zero-order valence-electron chi connectivity index (χ0n) is 5.86. The van der Waals surface area contributed by atoms with Gasteiger partial charge in [0.1, 0.15) is 0 Å². The molecule has 0 atom stereocenters. The molecule has 0 bridgehead atoms. The second-order valence-corrected chi connectivity index (χ2v) is 1.88. The molecule has 62 valence electrons. The standard InChI is InChI=1S/C6H11F2N.ClH/c1-3-4-6(7,8)5-9-2;/h3,9H,1,4-5H2,2H3;1H. The molecule has 0 aromatic heterocycles. The van der Waals surface area contributed by atoms with E-state index in [0.29, 0.717) is 0 Å². The van der Waals surface area contributed by atoms with Crippen molar-refractivity contribution in [3.8, 4) is 0 Å². The largest absolute Gasteiger partial charge is 0.314 e. The van der Waals surface area contributed by atoms with E-state index in [1.807, 2.05) is 0 Å². The van der Waals surface area contributed by atoms with Gasteiger partial charge in [-0.15, -0.1) is 19.0 Å². The minimum atomic E-state index is -2.63. The van der Waals surface area contributed by atoms with Gasteiger partial charge in [0.25, 0.3) is 5.92 Å². The lowest BCUT2D eigenvalue weighted by Crippen LogP contribution is -2.29. The highest BCUT2D eigenvalue weighted by Gasteiger charge is 2.24. The van der Waals surface area contributed by atoms with Gasteiger partial charge in [-0.3, -0.25) is 0 Å². The van der Waals surface area contributed by atoms with E-state index in [9.17, 15) is 8.78 Å². The Morgan fingerprint density at radius 3 is 2.40 bits per heavy atom. The molecule has 0 aromatic rings. The molecule has 0 amide bonds. The fraction of sp³-hybridized carbons (Fsp3) is 0.667. The van der Waals surface area contributed by atoms with Crippen LogP contribution in [0.4, 0.5) is 8.78 Å². The lowest BCUT2D eigenvalue weighted by atomic mass is 10.2. The number of allylic oxidation sites excluding steroid dienone is 1. The summed E-state index contributed by atoms with van der Waals surface area (Å²) in [5.74, 6) is -2.63. The van der Waals surface area contributed by atoms with Crippen LogP contribution >= 0.6 is 12.4 Å². The lowest BCUT2D eigenvalue weighted by Gasteiger charge is -2.12. The maximum absolute atomic E-state index is 12.3. The Kier molecular flexibility index (Phi) is 7.04. The summed E-state index contributed by atoms with van der Waals surface area (Å²) >= 11 is 0. The van der Waals surface area contributed by atoms with Crippen molar-refractivity contribution in [3.05, 3.63) is 12.7 Å². The predicted molar refractivity (Wildman–Crippen MR) is 40.9 cm³/mol. The summed E-state index contributed by atoms with van der Waals surface area (Å²) in [6.07, 6.45) is 0.963. The molecule has 0 unspecified atom stereocenters. The Balaban J connectivity index is 0. The number of alkyl halides is 2. The van der Waals surface area contributed by atoms with Crippen LogP contribution in [0.2, 0.25) is 0 Å². The Bertz CT molecular complexity index is 95.7. The zero-order chi connectivity index (χ0) is 7.33. The van der Waals surface area contributed by atoms with Crippen LogP contribution < -0.4 is 5.32 Å². The molecule has 0 spiro atoms. The van der Waals surface area contributed by atoms with Gasteiger partial charge in [-0.05, 0) is 7.05 Å². The minimum absolute atomic E-state index is 0. The summed E-state index contributed by atoms with van der Waals surface area (Å²) in [6.45, 7) is 2.94. The first-order valence-corrected chi connectivity index (χ1v) is 2.76. The Morgan fingerprint density at radius 2 is 2.10 bits per heavy atom. The van der Waals surface area contributed by atoms with Crippen LogP contribution in [-0.2, 0) is 0 Å². The van der Waals surface area contributed by atoms with E-state index in [4.69, 9.17) is 0 Å². The van der Waals surface area contributed by atoms with Gasteiger partial charge in [0, 0.05) is 6.42 Å². The summed E-state index contributed by atoms with van der Waals surface area (Å²) in [4.78, 5) is 0. The highest BCUT2D eigenvalue weighted by molar-refractivity contribution is 5.85. The summed E-state index contributed by atoms with van der Waals surface area (Å²) in [5, 5.41) is 2.40. The van der Waals surface area contributed by atoms with E-state index in [-0.39, 0.29) is 25.4 Å². The van der Waals surface area contributed by atoms with Crippen molar-refractivity contribution < 1.29 is 8.78 Å². The maximum Gasteiger partial charge on any atom is 0.263 e. The van der Waals surface area contributed by atoms with Gasteiger partial charge in [0.15, 0.2) is 0 Å². The van der Waals surface area contributed by atoms with Crippen LogP contribution in [0.3, 0.4) is 0 Å². The van der Waals surface area contributed by atoms with E-state index in [1.54, 1.807) is 0 Å². The van der Waals surface area contributed by atoms with Crippen LogP contribution in [0, 0.1) is 0 Å². The van der Waals surface area contributed by atoms with Gasteiger partial charge in [0.05, 0.1) is 6.54 Å². The molecule has 1 nitrogen and oxygen atoms in total. The van der Waals surface area contributed by atoms with Gasteiger partial charge in [-0.1, -0.05) is 6.08 Å². The van der Waals surface area contributed by atoms with E-state index >= 15 is 0 Å². The van der Waals surface area contributed by atoms with Crippen molar-refractivity contribution in [2.24, 2.45) is 0 Å². The summed E-state index contributed by atoms with van der Waals surface area (Å²) in [7, 11) is 1.50. The molecule has 0 saturated heterocycles. The van der Waals surface area contributed by atoms with Crippen molar-refractivity contribution in [1.29, 1.82) is 0 Å². The van der Waals surface area contributed by atoms with E-state index in [2.05, 4.69) is 11.9 Å². The first-order chi connectivity index (χ1) is 4.12. The first-order valence-electron chi connectivity index (χ1n) is 2.76. The van der Waals surface area contributed by atoms with Crippen LogP contribution in [0.15, 0.2) is 12.7 Å². The maximum atomic E-state index is 12.3. The van der Waals surface area contributed by atoms with Gasteiger partial charge >= 0.3 is 0 Å². The van der Waals surface area contributed by atoms with Crippen LogP contribution in [0.25, 0.3) is 0 Å². The average molecular weight is 172 g/mol. The van der Waals surface area contributed by atoms with Gasteiger partial charge in [0.2, 0.25) is 0 Å². The second kappa shape index (κ2) is 5.62. The Morgan fingerprint density at radius 1 is 1.60 bits per heavy atom. The van der Waals surface area contributed by atoms with E-state index < -0.39 is 5.92 Å². The van der Waals surface area contributed by atoms with Crippen molar-refractivity contribution in [3.63, 3.8) is 0 Å². The normalized spacial score (nSPS) is 10.3.